The Labute approximate surface area is 94.9 Å². The van der Waals surface area contributed by atoms with Crippen LogP contribution in [-0.4, -0.2) is 45.3 Å². The van der Waals surface area contributed by atoms with Crippen molar-refractivity contribution in [3.63, 3.8) is 0 Å². The first-order valence-electron chi connectivity index (χ1n) is 4.43. The zero-order valence-electron chi connectivity index (χ0n) is 8.69. The lowest BCUT2D eigenvalue weighted by atomic mass is 10.2. The lowest BCUT2D eigenvalue weighted by Gasteiger charge is -2.27. The molecular formula is C7H11F3NO5P. The second-order valence-corrected chi connectivity index (χ2v) is 4.19. The summed E-state index contributed by atoms with van der Waals surface area (Å²) in [5.41, 5.74) is 0. The maximum absolute atomic E-state index is 12.2. The number of carboxylic acid groups (broad SMARTS) is 1. The van der Waals surface area contributed by atoms with Crippen molar-refractivity contribution in [3.05, 3.63) is 0 Å². The van der Waals surface area contributed by atoms with Gasteiger partial charge in [-0.3, -0.25) is 9.36 Å². The number of carboxylic acids is 1. The van der Waals surface area contributed by atoms with E-state index in [4.69, 9.17) is 10.00 Å². The van der Waals surface area contributed by atoms with Gasteiger partial charge in [-0.15, -0.1) is 0 Å². The topological polar surface area (TPSA) is 94.9 Å². The fourth-order valence-corrected chi connectivity index (χ4v) is 1.82. The zero-order chi connectivity index (χ0) is 13.8. The third-order valence-corrected chi connectivity index (χ3v) is 2.47. The van der Waals surface area contributed by atoms with E-state index < -0.39 is 38.4 Å². The van der Waals surface area contributed by atoms with E-state index in [9.17, 15) is 27.3 Å². The first kappa shape index (κ1) is 15.9. The molecule has 2 unspecified atom stereocenters. The van der Waals surface area contributed by atoms with E-state index in [1.165, 1.54) is 6.92 Å². The summed E-state index contributed by atoms with van der Waals surface area (Å²) >= 11 is 0. The molecule has 0 fully saturated rings. The van der Waals surface area contributed by atoms with Crippen LogP contribution >= 0.6 is 8.03 Å². The van der Waals surface area contributed by atoms with Crippen molar-refractivity contribution >= 4 is 19.9 Å². The second-order valence-electron chi connectivity index (χ2n) is 3.09. The average molecular weight is 277 g/mol. The van der Waals surface area contributed by atoms with Crippen LogP contribution in [0.25, 0.3) is 0 Å². The Bertz CT molecular complexity index is 332. The number of halogens is 3. The van der Waals surface area contributed by atoms with Crippen molar-refractivity contribution in [2.75, 3.05) is 6.29 Å². The van der Waals surface area contributed by atoms with Crippen LogP contribution in [0.1, 0.15) is 13.3 Å². The predicted octanol–water partition coefficient (Wildman–Crippen LogP) is 0.665. The molecule has 2 N–H and O–H groups in total. The molecule has 0 bridgehead atoms. The summed E-state index contributed by atoms with van der Waals surface area (Å²) in [5, 5.41) is 8.64. The van der Waals surface area contributed by atoms with Gasteiger partial charge in [0.15, 0.2) is 0 Å². The normalized spacial score (nSPS) is 15.1. The van der Waals surface area contributed by atoms with Crippen LogP contribution in [0.15, 0.2) is 0 Å². The number of carbonyl (C=O) groups excluding carboxylic acids is 1. The monoisotopic (exact) mass is 277 g/mol. The molecule has 17 heavy (non-hydrogen) atoms. The molecule has 0 aliphatic carbocycles. The summed E-state index contributed by atoms with van der Waals surface area (Å²) in [4.78, 5) is 30.0. The van der Waals surface area contributed by atoms with Gasteiger partial charge in [0.1, 0.15) is 6.04 Å². The van der Waals surface area contributed by atoms with E-state index in [2.05, 4.69) is 0 Å². The van der Waals surface area contributed by atoms with Gasteiger partial charge in [-0.2, -0.15) is 13.2 Å². The lowest BCUT2D eigenvalue weighted by molar-refractivity contribution is -0.188. The first-order chi connectivity index (χ1) is 7.61. The minimum atomic E-state index is -5.28. The first-order valence-corrected chi connectivity index (χ1v) is 5.99. The van der Waals surface area contributed by atoms with Crippen molar-refractivity contribution in [1.82, 2.24) is 4.90 Å². The van der Waals surface area contributed by atoms with Crippen molar-refractivity contribution in [2.24, 2.45) is 0 Å². The molecular weight excluding hydrogens is 266 g/mol. The highest BCUT2D eigenvalue weighted by molar-refractivity contribution is 7.37. The smallest absolute Gasteiger partial charge is 0.471 e. The highest BCUT2D eigenvalue weighted by atomic mass is 31.1. The highest BCUT2D eigenvalue weighted by Crippen LogP contribution is 2.25. The lowest BCUT2D eigenvalue weighted by Crippen LogP contribution is -2.49. The van der Waals surface area contributed by atoms with Gasteiger partial charge in [0.2, 0.25) is 8.03 Å². The van der Waals surface area contributed by atoms with E-state index in [1.807, 2.05) is 0 Å². The minimum absolute atomic E-state index is 0.135. The van der Waals surface area contributed by atoms with Crippen LogP contribution in [-0.2, 0) is 14.2 Å². The molecule has 0 aromatic carbocycles. The zero-order valence-corrected chi connectivity index (χ0v) is 9.69. The van der Waals surface area contributed by atoms with Crippen LogP contribution in [0, 0.1) is 0 Å². The Morgan fingerprint density at radius 1 is 1.41 bits per heavy atom. The predicted molar refractivity (Wildman–Crippen MR) is 50.7 cm³/mol. The molecule has 10 heteroatoms. The quantitative estimate of drug-likeness (QED) is 0.720. The molecule has 0 heterocycles. The highest BCUT2D eigenvalue weighted by Gasteiger charge is 2.46. The van der Waals surface area contributed by atoms with Gasteiger partial charge in [-0.25, -0.2) is 4.79 Å². The molecule has 0 aliphatic heterocycles. The largest absolute Gasteiger partial charge is 0.480 e. The summed E-state index contributed by atoms with van der Waals surface area (Å²) in [6.07, 6.45) is -6.71. The fourth-order valence-electron chi connectivity index (χ4n) is 1.16. The number of hydrogen-bond acceptors (Lipinski definition) is 3. The molecule has 100 valence electrons. The van der Waals surface area contributed by atoms with Gasteiger partial charge in [0.05, 0.1) is 6.29 Å². The summed E-state index contributed by atoms with van der Waals surface area (Å²) in [6.45, 7) is 1.25. The van der Waals surface area contributed by atoms with E-state index in [1.54, 1.807) is 0 Å². The fraction of sp³-hybridized carbons (Fsp3) is 0.714. The van der Waals surface area contributed by atoms with Crippen molar-refractivity contribution in [1.29, 1.82) is 0 Å². The molecule has 0 aliphatic rings. The Morgan fingerprint density at radius 3 is 2.12 bits per heavy atom. The SMILES string of the molecule is CCC(C(=O)O)N(C[PH](=O)O)C(=O)C(F)(F)F. The second kappa shape index (κ2) is 6.02. The molecule has 0 aromatic heterocycles. The van der Waals surface area contributed by atoms with Crippen molar-refractivity contribution in [2.45, 2.75) is 25.6 Å². The summed E-state index contributed by atoms with van der Waals surface area (Å²) in [5.74, 6) is -4.09. The van der Waals surface area contributed by atoms with E-state index in [0.29, 0.717) is 0 Å². The standard InChI is InChI=1S/C7H11F3NO5P/c1-2-4(5(12)13)11(3-17(15)16)6(14)7(8,9)10/h4,17H,2-3H2,1H3,(H,12,13)(H,15,16). The van der Waals surface area contributed by atoms with Gasteiger partial charge >= 0.3 is 18.1 Å². The number of aliphatic carboxylic acids is 1. The summed E-state index contributed by atoms with van der Waals surface area (Å²) in [7, 11) is -3.43. The molecule has 0 rings (SSSR count). The van der Waals surface area contributed by atoms with Gasteiger partial charge in [-0.1, -0.05) is 6.92 Å². The third kappa shape index (κ3) is 4.74. The number of hydrogen-bond donors (Lipinski definition) is 2. The molecule has 0 radical (unpaired) electrons. The van der Waals surface area contributed by atoms with Crippen LogP contribution in [0.3, 0.4) is 0 Å². The minimum Gasteiger partial charge on any atom is -0.480 e. The number of carbonyl (C=O) groups is 2. The Balaban J connectivity index is 5.19. The van der Waals surface area contributed by atoms with Gasteiger partial charge < -0.3 is 14.9 Å². The molecule has 0 saturated carbocycles. The van der Waals surface area contributed by atoms with E-state index in [-0.39, 0.29) is 11.3 Å². The number of alkyl halides is 3. The van der Waals surface area contributed by atoms with Crippen molar-refractivity contribution in [3.8, 4) is 0 Å². The van der Waals surface area contributed by atoms with Crippen LogP contribution in [0.5, 0.6) is 0 Å². The summed E-state index contributed by atoms with van der Waals surface area (Å²) < 4.78 is 47.0. The number of rotatable bonds is 5. The van der Waals surface area contributed by atoms with Crippen LogP contribution in [0.2, 0.25) is 0 Å². The van der Waals surface area contributed by atoms with Crippen molar-refractivity contribution < 1.29 is 37.3 Å². The molecule has 0 saturated heterocycles. The molecule has 6 nitrogen and oxygen atoms in total. The molecule has 2 atom stereocenters. The Morgan fingerprint density at radius 2 is 1.88 bits per heavy atom. The van der Waals surface area contributed by atoms with Crippen LogP contribution in [0.4, 0.5) is 13.2 Å². The van der Waals surface area contributed by atoms with Crippen LogP contribution < -0.4 is 0 Å². The molecule has 1 amide bonds. The van der Waals surface area contributed by atoms with Gasteiger partial charge in [-0.05, 0) is 6.42 Å². The summed E-state index contributed by atoms with van der Waals surface area (Å²) in [6, 6.07) is -1.77. The van der Waals surface area contributed by atoms with E-state index in [0.717, 1.165) is 0 Å². The van der Waals surface area contributed by atoms with E-state index >= 15 is 0 Å². The third-order valence-electron chi connectivity index (χ3n) is 1.86. The molecule has 0 spiro atoms. The number of nitrogens with zero attached hydrogens (tertiary/aromatic N) is 1. The maximum Gasteiger partial charge on any atom is 0.471 e. The Hall–Kier alpha value is -1.08. The molecule has 0 aromatic rings. The van der Waals surface area contributed by atoms with Gasteiger partial charge in [0, 0.05) is 0 Å². The maximum atomic E-state index is 12.2. The van der Waals surface area contributed by atoms with Gasteiger partial charge in [0.25, 0.3) is 0 Å². The number of amides is 1. The average Bonchev–Trinajstić information content (AvgIpc) is 2.13. The Kier molecular flexibility index (Phi) is 5.63.